The second kappa shape index (κ2) is 10.2. The fraction of sp³-hybridized carbons (Fsp3) is 0.364. The molecule has 0 radical (unpaired) electrons. The van der Waals surface area contributed by atoms with Crippen LogP contribution in [0, 0.1) is 5.82 Å². The Morgan fingerprint density at radius 2 is 1.80 bits per heavy atom. The second-order valence-corrected chi connectivity index (χ2v) is 7.52. The summed E-state index contributed by atoms with van der Waals surface area (Å²) >= 11 is 0. The summed E-state index contributed by atoms with van der Waals surface area (Å²) in [5.41, 5.74) is 1.99. The zero-order chi connectivity index (χ0) is 21.5. The number of carbonyl (C=O) groups is 2. The second-order valence-electron chi connectivity index (χ2n) is 7.52. The third kappa shape index (κ3) is 5.77. The molecule has 0 aromatic heterocycles. The van der Waals surface area contributed by atoms with Crippen LogP contribution in [0.15, 0.2) is 42.5 Å². The molecule has 3 rings (SSSR count). The number of ether oxygens (including phenoxy) is 1. The van der Waals surface area contributed by atoms with Gasteiger partial charge in [-0.2, -0.15) is 0 Å². The van der Waals surface area contributed by atoms with Gasteiger partial charge < -0.3 is 25.2 Å². The molecule has 0 bridgehead atoms. The molecule has 30 heavy (non-hydrogen) atoms. The van der Waals surface area contributed by atoms with Gasteiger partial charge in [-0.15, -0.1) is 0 Å². The van der Waals surface area contributed by atoms with Gasteiger partial charge >= 0.3 is 0 Å². The molecule has 1 heterocycles. The van der Waals surface area contributed by atoms with Crippen LogP contribution in [0.5, 0.6) is 5.75 Å². The van der Waals surface area contributed by atoms with E-state index < -0.39 is 0 Å². The Balaban J connectivity index is 1.48. The van der Waals surface area contributed by atoms with Crippen LogP contribution in [0.1, 0.15) is 15.9 Å². The Labute approximate surface area is 175 Å². The van der Waals surface area contributed by atoms with E-state index in [0.717, 1.165) is 31.7 Å². The highest BCUT2D eigenvalue weighted by molar-refractivity contribution is 5.97. The van der Waals surface area contributed by atoms with Crippen LogP contribution in [0.4, 0.5) is 10.1 Å². The molecule has 2 aromatic carbocycles. The lowest BCUT2D eigenvalue weighted by Crippen LogP contribution is -3.28. The molecule has 4 N–H and O–H groups in total. The topological polar surface area (TPSA) is 76.3 Å². The normalized spacial score (nSPS) is 18.5. The number of nitrogens with one attached hydrogen (secondary N) is 4. The number of methoxy groups -OCH3 is 1. The van der Waals surface area contributed by atoms with Crippen molar-refractivity contribution in [2.45, 2.75) is 6.54 Å². The van der Waals surface area contributed by atoms with Gasteiger partial charge in [0.25, 0.3) is 11.8 Å². The molecule has 0 saturated carbocycles. The van der Waals surface area contributed by atoms with E-state index >= 15 is 0 Å². The van der Waals surface area contributed by atoms with Gasteiger partial charge in [0.2, 0.25) is 0 Å². The monoisotopic (exact) mass is 416 g/mol. The van der Waals surface area contributed by atoms with Crippen LogP contribution in [0.25, 0.3) is 0 Å². The summed E-state index contributed by atoms with van der Waals surface area (Å²) in [7, 11) is 3.17. The number of hydrogen-bond acceptors (Lipinski definition) is 3. The first-order chi connectivity index (χ1) is 14.5. The number of anilines is 1. The van der Waals surface area contributed by atoms with Gasteiger partial charge in [-0.05, 0) is 36.4 Å². The van der Waals surface area contributed by atoms with Gasteiger partial charge in [0.05, 0.1) is 12.7 Å². The van der Waals surface area contributed by atoms with E-state index in [9.17, 15) is 14.0 Å². The fourth-order valence-corrected chi connectivity index (χ4v) is 3.78. The van der Waals surface area contributed by atoms with Crippen molar-refractivity contribution in [2.24, 2.45) is 0 Å². The van der Waals surface area contributed by atoms with Crippen molar-refractivity contribution >= 4 is 17.5 Å². The van der Waals surface area contributed by atoms with Crippen LogP contribution in [-0.2, 0) is 11.3 Å². The Morgan fingerprint density at radius 1 is 1.07 bits per heavy atom. The molecule has 1 fully saturated rings. The predicted molar refractivity (Wildman–Crippen MR) is 111 cm³/mol. The maximum Gasteiger partial charge on any atom is 0.279 e. The maximum atomic E-state index is 13.6. The smallest absolute Gasteiger partial charge is 0.279 e. The number of rotatable bonds is 7. The minimum atomic E-state index is -0.258. The van der Waals surface area contributed by atoms with Crippen LogP contribution < -0.4 is 25.2 Å². The maximum absolute atomic E-state index is 13.6. The number of quaternary nitrogens is 2. The largest absolute Gasteiger partial charge is 0.496 e. The van der Waals surface area contributed by atoms with E-state index in [2.05, 4.69) is 10.6 Å². The van der Waals surface area contributed by atoms with Crippen molar-refractivity contribution in [3.05, 3.63) is 59.4 Å². The van der Waals surface area contributed by atoms with Gasteiger partial charge in [0.1, 0.15) is 44.3 Å². The molecule has 8 heteroatoms. The van der Waals surface area contributed by atoms with Crippen molar-refractivity contribution in [2.75, 3.05) is 52.2 Å². The van der Waals surface area contributed by atoms with Gasteiger partial charge in [-0.25, -0.2) is 4.39 Å². The van der Waals surface area contributed by atoms with Crippen molar-refractivity contribution in [3.63, 3.8) is 0 Å². The van der Waals surface area contributed by atoms with Gasteiger partial charge in [0, 0.05) is 18.3 Å². The first kappa shape index (κ1) is 21.7. The highest BCUT2D eigenvalue weighted by atomic mass is 19.1. The van der Waals surface area contributed by atoms with Gasteiger partial charge in [-0.3, -0.25) is 9.59 Å². The Morgan fingerprint density at radius 3 is 2.50 bits per heavy atom. The fourth-order valence-electron chi connectivity index (χ4n) is 3.78. The summed E-state index contributed by atoms with van der Waals surface area (Å²) in [5.74, 6) is 0.184. The zero-order valence-electron chi connectivity index (χ0n) is 17.4. The van der Waals surface area contributed by atoms with Crippen LogP contribution in [0.2, 0.25) is 0 Å². The lowest BCUT2D eigenvalue weighted by atomic mass is 10.1. The lowest BCUT2D eigenvalue weighted by Gasteiger charge is -2.29. The average molecular weight is 416 g/mol. The summed E-state index contributed by atoms with van der Waals surface area (Å²) in [4.78, 5) is 26.7. The third-order valence-corrected chi connectivity index (χ3v) is 5.39. The Kier molecular flexibility index (Phi) is 7.37. The highest BCUT2D eigenvalue weighted by Crippen LogP contribution is 2.18. The van der Waals surface area contributed by atoms with Crippen LogP contribution in [0.3, 0.4) is 0 Å². The highest BCUT2D eigenvalue weighted by Gasteiger charge is 2.26. The summed E-state index contributed by atoms with van der Waals surface area (Å²) < 4.78 is 18.9. The molecular formula is C22H29FN4O3+2. The summed E-state index contributed by atoms with van der Waals surface area (Å²) in [6.07, 6.45) is 0. The quantitative estimate of drug-likeness (QED) is 0.473. The molecule has 2 amide bonds. The zero-order valence-corrected chi connectivity index (χ0v) is 17.4. The van der Waals surface area contributed by atoms with E-state index in [4.69, 9.17) is 4.74 Å². The molecule has 0 aliphatic carbocycles. The SMILES string of the molecule is CNC(=O)c1cccc(NC(=O)C[NH+]2CC[NH+](Cc3cc(F)ccc3OC)CC2)c1. The van der Waals surface area contributed by atoms with Gasteiger partial charge in [-0.1, -0.05) is 6.07 Å². The lowest BCUT2D eigenvalue weighted by molar-refractivity contribution is -1.02. The number of carbonyl (C=O) groups excluding carboxylic acids is 2. The Bertz CT molecular complexity index is 898. The molecule has 0 spiro atoms. The molecule has 0 unspecified atom stereocenters. The Hall–Kier alpha value is -2.97. The molecule has 1 saturated heterocycles. The number of benzene rings is 2. The minimum Gasteiger partial charge on any atom is -0.496 e. The predicted octanol–water partition coefficient (Wildman–Crippen LogP) is -0.884. The molecule has 1 aliphatic rings. The van der Waals surface area contributed by atoms with Crippen molar-refractivity contribution in [1.29, 1.82) is 0 Å². The molecular weight excluding hydrogens is 387 g/mol. The summed E-state index contributed by atoms with van der Waals surface area (Å²) in [5, 5.41) is 5.45. The first-order valence-corrected chi connectivity index (χ1v) is 10.1. The first-order valence-electron chi connectivity index (χ1n) is 10.1. The number of piperazine rings is 1. The van der Waals surface area contributed by atoms with Crippen LogP contribution >= 0.6 is 0 Å². The van der Waals surface area contributed by atoms with E-state index in [0.29, 0.717) is 30.1 Å². The summed E-state index contributed by atoms with van der Waals surface area (Å²) in [6.45, 7) is 4.59. The van der Waals surface area contributed by atoms with E-state index in [1.54, 1.807) is 44.5 Å². The molecule has 7 nitrogen and oxygen atoms in total. The van der Waals surface area contributed by atoms with Crippen molar-refractivity contribution in [3.8, 4) is 5.75 Å². The number of hydrogen-bond donors (Lipinski definition) is 4. The van der Waals surface area contributed by atoms with Crippen LogP contribution in [-0.4, -0.2) is 58.7 Å². The third-order valence-electron chi connectivity index (χ3n) is 5.39. The molecule has 160 valence electrons. The number of halogens is 1. The average Bonchev–Trinajstić information content (AvgIpc) is 2.75. The van der Waals surface area contributed by atoms with Crippen molar-refractivity contribution < 1.29 is 28.5 Å². The minimum absolute atomic E-state index is 0.0747. The van der Waals surface area contributed by atoms with E-state index in [-0.39, 0.29) is 17.6 Å². The van der Waals surface area contributed by atoms with E-state index in [1.807, 2.05) is 0 Å². The van der Waals surface area contributed by atoms with Crippen molar-refractivity contribution in [1.82, 2.24) is 5.32 Å². The van der Waals surface area contributed by atoms with Gasteiger partial charge in [0.15, 0.2) is 6.54 Å². The molecule has 2 aromatic rings. The van der Waals surface area contributed by atoms with E-state index in [1.165, 1.54) is 21.9 Å². The summed E-state index contributed by atoms with van der Waals surface area (Å²) in [6, 6.07) is 11.5. The standard InChI is InChI=1S/C22H27FN4O3/c1-24-22(29)16-4-3-5-19(13-16)25-21(28)15-27-10-8-26(9-11-27)14-17-12-18(23)6-7-20(17)30-2/h3-7,12-13H,8-11,14-15H2,1-2H3,(H,24,29)(H,25,28)/p+2. The number of amides is 2. The molecule has 0 atom stereocenters. The molecule has 1 aliphatic heterocycles.